The molecule has 0 fully saturated rings. The molecule has 0 aliphatic rings. The summed E-state index contributed by atoms with van der Waals surface area (Å²) >= 11 is 5.88. The van der Waals surface area contributed by atoms with Crippen molar-refractivity contribution in [1.29, 1.82) is 0 Å². The Morgan fingerprint density at radius 3 is 2.69 bits per heavy atom. The number of hydrogen-bond donors (Lipinski definition) is 2. The molecule has 0 atom stereocenters. The second-order valence-corrected chi connectivity index (χ2v) is 5.59. The predicted octanol–water partition coefficient (Wildman–Crippen LogP) is 3.14. The number of aliphatic imine (C=N–C) groups is 1. The van der Waals surface area contributed by atoms with E-state index >= 15 is 0 Å². The molecule has 1 aromatic heterocycles. The zero-order valence-electron chi connectivity index (χ0n) is 15.0. The summed E-state index contributed by atoms with van der Waals surface area (Å²) in [6.07, 6.45) is 0.608. The molecule has 144 valence electrons. The minimum absolute atomic E-state index is 0. The molecule has 0 radical (unpaired) electrons. The van der Waals surface area contributed by atoms with E-state index in [4.69, 9.17) is 20.9 Å². The Morgan fingerprint density at radius 1 is 1.23 bits per heavy atom. The van der Waals surface area contributed by atoms with Gasteiger partial charge in [-0.05, 0) is 38.1 Å². The molecule has 0 amide bonds. The van der Waals surface area contributed by atoms with E-state index in [0.29, 0.717) is 49.5 Å². The van der Waals surface area contributed by atoms with Crippen LogP contribution in [-0.2, 0) is 11.2 Å². The Morgan fingerprint density at radius 2 is 2.00 bits per heavy atom. The number of rotatable bonds is 9. The summed E-state index contributed by atoms with van der Waals surface area (Å²) in [4.78, 5) is 8.83. The topological polar surface area (TPSA) is 84.6 Å². The molecule has 0 unspecified atom stereocenters. The van der Waals surface area contributed by atoms with Crippen molar-refractivity contribution >= 4 is 41.5 Å². The molecule has 1 aromatic carbocycles. The highest BCUT2D eigenvalue weighted by atomic mass is 127. The van der Waals surface area contributed by atoms with Crippen molar-refractivity contribution in [3.8, 4) is 11.4 Å². The fraction of sp³-hybridized carbons (Fsp3) is 0.471. The number of halogens is 2. The molecule has 0 saturated carbocycles. The minimum atomic E-state index is 0. The summed E-state index contributed by atoms with van der Waals surface area (Å²) in [5, 5.41) is 11.1. The first-order valence-corrected chi connectivity index (χ1v) is 8.79. The van der Waals surface area contributed by atoms with Crippen LogP contribution < -0.4 is 10.6 Å². The van der Waals surface area contributed by atoms with E-state index in [9.17, 15) is 0 Å². The number of aromatic nitrogens is 2. The van der Waals surface area contributed by atoms with Gasteiger partial charge in [-0.25, -0.2) is 0 Å². The van der Waals surface area contributed by atoms with E-state index in [-0.39, 0.29) is 24.0 Å². The largest absolute Gasteiger partial charge is 0.380 e. The van der Waals surface area contributed by atoms with Crippen LogP contribution in [0.25, 0.3) is 11.4 Å². The normalized spacial score (nSPS) is 11.1. The fourth-order valence-corrected chi connectivity index (χ4v) is 2.19. The molecule has 0 bridgehead atoms. The van der Waals surface area contributed by atoms with Gasteiger partial charge in [0.05, 0.1) is 13.2 Å². The fourth-order valence-electron chi connectivity index (χ4n) is 2.07. The zero-order valence-corrected chi connectivity index (χ0v) is 18.1. The van der Waals surface area contributed by atoms with Crippen LogP contribution >= 0.6 is 35.6 Å². The van der Waals surface area contributed by atoms with Crippen molar-refractivity contribution in [3.05, 3.63) is 35.2 Å². The Kier molecular flexibility index (Phi) is 11.2. The maximum absolute atomic E-state index is 5.88. The van der Waals surface area contributed by atoms with Crippen LogP contribution in [0, 0.1) is 0 Å². The van der Waals surface area contributed by atoms with Crippen molar-refractivity contribution in [2.24, 2.45) is 4.99 Å². The first-order chi connectivity index (χ1) is 12.2. The molecule has 9 heteroatoms. The summed E-state index contributed by atoms with van der Waals surface area (Å²) < 4.78 is 10.6. The number of guanidine groups is 1. The van der Waals surface area contributed by atoms with Gasteiger partial charge in [-0.3, -0.25) is 4.99 Å². The molecular weight excluding hydrogens is 469 g/mol. The highest BCUT2D eigenvalue weighted by molar-refractivity contribution is 14.0. The third-order valence-corrected chi connectivity index (χ3v) is 3.51. The average Bonchev–Trinajstić information content (AvgIpc) is 3.08. The van der Waals surface area contributed by atoms with Gasteiger partial charge in [0, 0.05) is 36.7 Å². The molecule has 0 aliphatic heterocycles. The van der Waals surface area contributed by atoms with E-state index < -0.39 is 0 Å². The summed E-state index contributed by atoms with van der Waals surface area (Å²) in [5.41, 5.74) is 0.873. The van der Waals surface area contributed by atoms with Crippen LogP contribution in [0.1, 0.15) is 19.7 Å². The molecule has 26 heavy (non-hydrogen) atoms. The third-order valence-electron chi connectivity index (χ3n) is 3.26. The van der Waals surface area contributed by atoms with Gasteiger partial charge in [-0.1, -0.05) is 16.8 Å². The monoisotopic (exact) mass is 493 g/mol. The Balaban J connectivity index is 0.00000338. The van der Waals surface area contributed by atoms with Gasteiger partial charge in [0.15, 0.2) is 5.96 Å². The highest BCUT2D eigenvalue weighted by Gasteiger charge is 2.08. The van der Waals surface area contributed by atoms with Crippen LogP contribution in [0.2, 0.25) is 5.02 Å². The first-order valence-electron chi connectivity index (χ1n) is 8.41. The zero-order chi connectivity index (χ0) is 17.9. The number of nitrogens with one attached hydrogen (secondary N) is 2. The van der Waals surface area contributed by atoms with Crippen LogP contribution in [0.15, 0.2) is 33.8 Å². The number of hydrogen-bond acceptors (Lipinski definition) is 5. The maximum Gasteiger partial charge on any atom is 0.228 e. The van der Waals surface area contributed by atoms with Gasteiger partial charge < -0.3 is 19.9 Å². The number of nitrogens with zero attached hydrogens (tertiary/aromatic N) is 3. The smallest absolute Gasteiger partial charge is 0.228 e. The highest BCUT2D eigenvalue weighted by Crippen LogP contribution is 2.18. The molecule has 2 N–H and O–H groups in total. The van der Waals surface area contributed by atoms with Crippen molar-refractivity contribution < 1.29 is 9.26 Å². The summed E-state index contributed by atoms with van der Waals surface area (Å²) in [5.74, 6) is 1.88. The van der Waals surface area contributed by atoms with E-state index in [2.05, 4.69) is 25.8 Å². The summed E-state index contributed by atoms with van der Waals surface area (Å²) in [6.45, 7) is 7.36. The van der Waals surface area contributed by atoms with Crippen LogP contribution in [-0.4, -0.2) is 48.9 Å². The first kappa shape index (κ1) is 22.7. The van der Waals surface area contributed by atoms with Gasteiger partial charge in [-0.2, -0.15) is 4.98 Å². The van der Waals surface area contributed by atoms with Gasteiger partial charge in [0.1, 0.15) is 0 Å². The van der Waals surface area contributed by atoms with Crippen LogP contribution in [0.5, 0.6) is 0 Å². The quantitative estimate of drug-likeness (QED) is 0.242. The van der Waals surface area contributed by atoms with E-state index in [1.165, 1.54) is 0 Å². The average molecular weight is 494 g/mol. The van der Waals surface area contributed by atoms with Crippen molar-refractivity contribution in [1.82, 2.24) is 20.8 Å². The number of benzene rings is 1. The Bertz CT molecular complexity index is 663. The molecule has 0 aliphatic carbocycles. The maximum atomic E-state index is 5.88. The molecule has 0 spiro atoms. The molecule has 1 heterocycles. The molecule has 7 nitrogen and oxygen atoms in total. The molecular formula is C17H25ClIN5O2. The van der Waals surface area contributed by atoms with Crippen molar-refractivity contribution in [3.63, 3.8) is 0 Å². The lowest BCUT2D eigenvalue weighted by Crippen LogP contribution is -2.38. The van der Waals surface area contributed by atoms with E-state index in [1.807, 2.05) is 26.0 Å². The van der Waals surface area contributed by atoms with Gasteiger partial charge in [-0.15, -0.1) is 24.0 Å². The van der Waals surface area contributed by atoms with Crippen molar-refractivity contribution in [2.45, 2.75) is 20.3 Å². The second-order valence-electron chi connectivity index (χ2n) is 5.15. The lowest BCUT2D eigenvalue weighted by molar-refractivity contribution is 0.155. The SMILES string of the molecule is CCNC(=NCCOCC)NCCc1nc(-c2ccc(Cl)cc2)no1.I. The van der Waals surface area contributed by atoms with E-state index in [0.717, 1.165) is 18.1 Å². The molecule has 0 saturated heterocycles. The lowest BCUT2D eigenvalue weighted by atomic mass is 10.2. The van der Waals surface area contributed by atoms with E-state index in [1.54, 1.807) is 12.1 Å². The molecule has 2 rings (SSSR count). The number of ether oxygens (including phenoxy) is 1. The van der Waals surface area contributed by atoms with Gasteiger partial charge in [0.25, 0.3) is 0 Å². The Labute approximate surface area is 176 Å². The van der Waals surface area contributed by atoms with Crippen molar-refractivity contribution in [2.75, 3.05) is 32.8 Å². The standard InChI is InChI=1S/C17H24ClN5O2.HI/c1-3-19-17(21-11-12-24-4-2)20-10-9-15-22-16(23-25-15)13-5-7-14(18)8-6-13;/h5-8H,3-4,9-12H2,1-2H3,(H2,19,20,21);1H. The second kappa shape index (κ2) is 12.9. The summed E-state index contributed by atoms with van der Waals surface area (Å²) in [7, 11) is 0. The predicted molar refractivity (Wildman–Crippen MR) is 114 cm³/mol. The Hall–Kier alpha value is -1.39. The lowest BCUT2D eigenvalue weighted by Gasteiger charge is -2.10. The van der Waals surface area contributed by atoms with Crippen LogP contribution in [0.3, 0.4) is 0 Å². The minimum Gasteiger partial charge on any atom is -0.380 e. The van der Waals surface area contributed by atoms with Crippen LogP contribution in [0.4, 0.5) is 0 Å². The molecule has 2 aromatic rings. The van der Waals surface area contributed by atoms with Gasteiger partial charge >= 0.3 is 0 Å². The van der Waals surface area contributed by atoms with Gasteiger partial charge in [0.2, 0.25) is 11.7 Å². The third kappa shape index (κ3) is 7.88. The summed E-state index contributed by atoms with van der Waals surface area (Å²) in [6, 6.07) is 7.33.